The number of hydrogen-bond acceptors (Lipinski definition) is 8. The normalized spacial score (nSPS) is 32.3. The zero-order valence-electron chi connectivity index (χ0n) is 14.5. The van der Waals surface area contributed by atoms with Crippen LogP contribution < -0.4 is 11.1 Å². The summed E-state index contributed by atoms with van der Waals surface area (Å²) in [5, 5.41) is 23.5. The largest absolute Gasteiger partial charge is 0.394 e. The van der Waals surface area contributed by atoms with Crippen LogP contribution in [-0.2, 0) is 9.47 Å². The zero-order chi connectivity index (χ0) is 18.7. The number of rotatable bonds is 5. The molecule has 0 aliphatic carbocycles. The second-order valence-corrected chi connectivity index (χ2v) is 7.87. The molecule has 3 heterocycles. The summed E-state index contributed by atoms with van der Waals surface area (Å²) >= 11 is 7.57. The van der Waals surface area contributed by atoms with Crippen molar-refractivity contribution in [2.45, 2.75) is 41.1 Å². The van der Waals surface area contributed by atoms with Gasteiger partial charge in [-0.1, -0.05) is 29.4 Å². The van der Waals surface area contributed by atoms with Crippen molar-refractivity contribution >= 4 is 28.9 Å². The summed E-state index contributed by atoms with van der Waals surface area (Å²) in [6, 6.07) is 1.18. The molecular weight excluding hydrogens is 378 g/mol. The molecule has 0 aromatic carbocycles. The Bertz CT molecular complexity index is 663. The number of pyridine rings is 1. The van der Waals surface area contributed by atoms with Gasteiger partial charge in [0.25, 0.3) is 0 Å². The first-order valence-corrected chi connectivity index (χ1v) is 9.76. The molecule has 0 radical (unpaired) electrons. The minimum Gasteiger partial charge on any atom is -0.394 e. The summed E-state index contributed by atoms with van der Waals surface area (Å²) in [5.41, 5.74) is 7.62. The Labute approximate surface area is 161 Å². The monoisotopic (exact) mass is 401 g/mol. The van der Waals surface area contributed by atoms with Crippen LogP contribution in [0.15, 0.2) is 23.2 Å². The van der Waals surface area contributed by atoms with E-state index in [4.69, 9.17) is 26.8 Å². The fourth-order valence-corrected chi connectivity index (χ4v) is 4.77. The molecule has 0 bridgehead atoms. The van der Waals surface area contributed by atoms with Crippen molar-refractivity contribution in [3.63, 3.8) is 0 Å². The highest BCUT2D eigenvalue weighted by Crippen LogP contribution is 2.38. The maximum atomic E-state index is 10.2. The number of aliphatic hydroxyl groups excluding tert-OH is 2. The average Bonchev–Trinajstić information content (AvgIpc) is 2.65. The first-order chi connectivity index (χ1) is 12.5. The van der Waals surface area contributed by atoms with Crippen LogP contribution >= 0.6 is 23.4 Å². The van der Waals surface area contributed by atoms with Crippen LogP contribution in [0.5, 0.6) is 0 Å². The number of nitrogens with two attached hydrogens (primary N) is 1. The molecule has 1 fully saturated rings. The molecule has 2 aliphatic heterocycles. The molecule has 5 N–H and O–H groups in total. The minimum absolute atomic E-state index is 0.320. The summed E-state index contributed by atoms with van der Waals surface area (Å²) in [5.74, 6) is 0. The van der Waals surface area contributed by atoms with Crippen LogP contribution in [0.2, 0.25) is 5.02 Å². The van der Waals surface area contributed by atoms with Gasteiger partial charge in [-0.3, -0.25) is 4.98 Å². The van der Waals surface area contributed by atoms with E-state index in [0.29, 0.717) is 5.02 Å². The van der Waals surface area contributed by atoms with Crippen molar-refractivity contribution < 1.29 is 19.7 Å². The average molecular weight is 402 g/mol. The van der Waals surface area contributed by atoms with Gasteiger partial charge >= 0.3 is 0 Å². The first-order valence-electron chi connectivity index (χ1n) is 8.50. The number of nitrogens with zero attached hydrogens (tertiary/aromatic N) is 1. The van der Waals surface area contributed by atoms with Crippen molar-refractivity contribution in [2.75, 3.05) is 26.8 Å². The number of ether oxygens (including phenoxy) is 2. The molecule has 0 saturated carbocycles. The lowest BCUT2D eigenvalue weighted by molar-refractivity contribution is -0.167. The number of aromatic nitrogens is 1. The highest BCUT2D eigenvalue weighted by Gasteiger charge is 2.44. The van der Waals surface area contributed by atoms with E-state index in [2.05, 4.69) is 16.4 Å². The van der Waals surface area contributed by atoms with Crippen LogP contribution in [0.1, 0.15) is 12.1 Å². The van der Waals surface area contributed by atoms with Crippen molar-refractivity contribution in [3.05, 3.63) is 29.1 Å². The first kappa shape index (κ1) is 20.0. The smallest absolute Gasteiger partial charge is 0.136 e. The lowest BCUT2D eigenvalue weighted by atomic mass is 9.98. The van der Waals surface area contributed by atoms with E-state index in [1.54, 1.807) is 6.20 Å². The van der Waals surface area contributed by atoms with Gasteiger partial charge in [0.1, 0.15) is 23.7 Å². The van der Waals surface area contributed by atoms with Gasteiger partial charge in [0.05, 0.1) is 23.4 Å². The molecule has 144 valence electrons. The SMILES string of the molecule is COC1C(Sc2cc(Cl)cnc2C2=CCNCC2)OC(CO)C(O)C1N. The van der Waals surface area contributed by atoms with E-state index in [1.165, 1.54) is 18.9 Å². The van der Waals surface area contributed by atoms with Gasteiger partial charge in [-0.2, -0.15) is 0 Å². The zero-order valence-corrected chi connectivity index (χ0v) is 16.0. The maximum absolute atomic E-state index is 10.2. The maximum Gasteiger partial charge on any atom is 0.136 e. The Morgan fingerprint density at radius 1 is 1.54 bits per heavy atom. The van der Waals surface area contributed by atoms with Crippen molar-refractivity contribution in [1.29, 1.82) is 0 Å². The topological polar surface area (TPSA) is 110 Å². The van der Waals surface area contributed by atoms with Gasteiger partial charge in [0.2, 0.25) is 0 Å². The molecule has 9 heteroatoms. The Balaban J connectivity index is 1.89. The van der Waals surface area contributed by atoms with Crippen LogP contribution in [-0.4, -0.2) is 71.8 Å². The predicted octanol–water partition coefficient (Wildman–Crippen LogP) is 0.624. The van der Waals surface area contributed by atoms with Gasteiger partial charge in [0.15, 0.2) is 0 Å². The number of methoxy groups -OCH3 is 1. The molecule has 5 unspecified atom stereocenters. The minimum atomic E-state index is -0.995. The summed E-state index contributed by atoms with van der Waals surface area (Å²) in [4.78, 5) is 5.38. The quantitative estimate of drug-likeness (QED) is 0.568. The molecule has 3 rings (SSSR count). The van der Waals surface area contributed by atoms with Crippen LogP contribution in [0.3, 0.4) is 0 Å². The Morgan fingerprint density at radius 2 is 2.35 bits per heavy atom. The summed E-state index contributed by atoms with van der Waals surface area (Å²) in [7, 11) is 1.53. The third kappa shape index (κ3) is 4.23. The Morgan fingerprint density at radius 3 is 3.00 bits per heavy atom. The highest BCUT2D eigenvalue weighted by atomic mass is 35.5. The van der Waals surface area contributed by atoms with Crippen LogP contribution in [0.4, 0.5) is 0 Å². The van der Waals surface area contributed by atoms with Crippen LogP contribution in [0, 0.1) is 0 Å². The molecule has 1 aromatic heterocycles. The molecule has 0 amide bonds. The van der Waals surface area contributed by atoms with E-state index in [9.17, 15) is 10.2 Å². The van der Waals surface area contributed by atoms with E-state index >= 15 is 0 Å². The van der Waals surface area contributed by atoms with Gasteiger partial charge in [0, 0.05) is 24.7 Å². The van der Waals surface area contributed by atoms with E-state index < -0.39 is 29.8 Å². The molecule has 1 saturated heterocycles. The number of hydrogen-bond donors (Lipinski definition) is 4. The molecule has 26 heavy (non-hydrogen) atoms. The molecule has 5 atom stereocenters. The van der Waals surface area contributed by atoms with Gasteiger partial charge in [-0.05, 0) is 24.6 Å². The molecule has 7 nitrogen and oxygen atoms in total. The van der Waals surface area contributed by atoms with Gasteiger partial charge < -0.3 is 30.7 Å². The molecular formula is C17H24ClN3O4S. The second-order valence-electron chi connectivity index (χ2n) is 6.30. The van der Waals surface area contributed by atoms with Crippen LogP contribution in [0.25, 0.3) is 5.57 Å². The molecule has 0 spiro atoms. The van der Waals surface area contributed by atoms with Crippen molar-refractivity contribution in [3.8, 4) is 0 Å². The summed E-state index contributed by atoms with van der Waals surface area (Å²) in [6.07, 6.45) is 2.33. The lowest BCUT2D eigenvalue weighted by Gasteiger charge is -2.42. The predicted molar refractivity (Wildman–Crippen MR) is 101 cm³/mol. The molecule has 2 aliphatic rings. The number of thioether (sulfide) groups is 1. The standard InChI is InChI=1S/C17H24ClN3O4S/c1-24-16-13(19)15(23)11(8-22)25-17(16)26-12-6-10(18)7-21-14(12)9-2-4-20-5-3-9/h2,6-7,11,13,15-17,20,22-23H,3-5,8,19H2,1H3. The van der Waals surface area contributed by atoms with Gasteiger partial charge in [-0.25, -0.2) is 0 Å². The third-order valence-electron chi connectivity index (χ3n) is 4.61. The van der Waals surface area contributed by atoms with Crippen molar-refractivity contribution in [1.82, 2.24) is 10.3 Å². The number of aliphatic hydroxyl groups is 2. The summed E-state index contributed by atoms with van der Waals surface area (Å²) < 4.78 is 11.3. The van der Waals surface area contributed by atoms with Gasteiger partial charge in [-0.15, -0.1) is 0 Å². The fraction of sp³-hybridized carbons (Fsp3) is 0.588. The molecule has 1 aromatic rings. The summed E-state index contributed by atoms with van der Waals surface area (Å²) in [6.45, 7) is 1.37. The third-order valence-corrected chi connectivity index (χ3v) is 6.00. The Kier molecular flexibility index (Phi) is 6.92. The lowest BCUT2D eigenvalue weighted by Crippen LogP contribution is -2.61. The second kappa shape index (κ2) is 8.99. The number of nitrogens with one attached hydrogen (secondary N) is 1. The van der Waals surface area contributed by atoms with E-state index in [0.717, 1.165) is 35.7 Å². The van der Waals surface area contributed by atoms with Crippen molar-refractivity contribution in [2.24, 2.45) is 5.73 Å². The Hall–Kier alpha value is -0.710. The number of halogens is 1. The highest BCUT2D eigenvalue weighted by molar-refractivity contribution is 7.99. The van der Waals surface area contributed by atoms with E-state index in [1.807, 2.05) is 6.07 Å². The van der Waals surface area contributed by atoms with E-state index in [-0.39, 0.29) is 6.61 Å². The fourth-order valence-electron chi connectivity index (χ4n) is 3.18.